The lowest BCUT2D eigenvalue weighted by molar-refractivity contribution is 0.603. The van der Waals surface area contributed by atoms with E-state index in [1.54, 1.807) is 0 Å². The number of benzene rings is 5. The molecule has 6 rings (SSSR count). The summed E-state index contributed by atoms with van der Waals surface area (Å²) in [6, 6.07) is 42.3. The minimum atomic E-state index is 0.915. The van der Waals surface area contributed by atoms with Gasteiger partial charge in [0.2, 0.25) is 0 Å². The maximum absolute atomic E-state index is 6.71. The van der Waals surface area contributed by atoms with Crippen molar-refractivity contribution < 1.29 is 4.42 Å². The summed E-state index contributed by atoms with van der Waals surface area (Å²) in [7, 11) is 0. The molecule has 0 fully saturated rings. The maximum Gasteiger partial charge on any atom is 0.143 e. The number of hydrogen-bond donors (Lipinski definition) is 0. The van der Waals surface area contributed by atoms with Crippen molar-refractivity contribution in [2.75, 3.05) is 0 Å². The largest absolute Gasteiger partial charge is 0.455 e. The van der Waals surface area contributed by atoms with Crippen molar-refractivity contribution >= 4 is 21.5 Å². The summed E-state index contributed by atoms with van der Waals surface area (Å²) < 4.78 is 6.71. The first-order valence-electron chi connectivity index (χ1n) is 10.5. The van der Waals surface area contributed by atoms with E-state index in [-0.39, 0.29) is 0 Å². The average Bonchev–Trinajstić information content (AvgIpc) is 3.24. The highest BCUT2D eigenvalue weighted by Gasteiger charge is 2.19. The fraction of sp³-hybridized carbons (Fsp3) is 0. The quantitative estimate of drug-likeness (QED) is 0.292. The van der Waals surface area contributed by atoms with Crippen LogP contribution in [0.3, 0.4) is 0 Å². The highest BCUT2D eigenvalue weighted by atomic mass is 16.3. The van der Waals surface area contributed by atoms with Crippen LogP contribution in [0.25, 0.3) is 55.3 Å². The van der Waals surface area contributed by atoms with E-state index >= 15 is 0 Å². The molecule has 5 aromatic carbocycles. The molecule has 0 spiro atoms. The van der Waals surface area contributed by atoms with Crippen LogP contribution in [0.1, 0.15) is 0 Å². The predicted octanol–water partition coefficient (Wildman–Crippen LogP) is 8.59. The lowest BCUT2D eigenvalue weighted by atomic mass is 9.96. The number of rotatable bonds is 3. The van der Waals surface area contributed by atoms with Crippen LogP contribution in [0.4, 0.5) is 0 Å². The van der Waals surface area contributed by atoms with Crippen LogP contribution >= 0.6 is 0 Å². The Hall–Kier alpha value is -4.10. The summed E-state index contributed by atoms with van der Waals surface area (Å²) in [5.74, 6) is 1.84. The Balaban J connectivity index is 1.65. The number of hydrogen-bond acceptors (Lipinski definition) is 1. The van der Waals surface area contributed by atoms with Crippen molar-refractivity contribution in [2.24, 2.45) is 0 Å². The van der Waals surface area contributed by atoms with Crippen LogP contribution in [-0.4, -0.2) is 0 Å². The molecule has 1 heteroatoms. The van der Waals surface area contributed by atoms with E-state index in [2.05, 4.69) is 115 Å². The molecular weight excluding hydrogens is 376 g/mol. The summed E-state index contributed by atoms with van der Waals surface area (Å²) >= 11 is 0. The monoisotopic (exact) mass is 396 g/mol. The minimum absolute atomic E-state index is 0.915. The highest BCUT2D eigenvalue weighted by molar-refractivity contribution is 6.08. The summed E-state index contributed by atoms with van der Waals surface area (Å²) in [5.41, 5.74) is 4.59. The SMILES string of the molecule is c1ccc(-c2ccccc2-c2oc(-c3cccc4ccccc34)c3ccccc23)cc1. The van der Waals surface area contributed by atoms with Crippen LogP contribution in [0.5, 0.6) is 0 Å². The zero-order valence-corrected chi connectivity index (χ0v) is 17.0. The zero-order chi connectivity index (χ0) is 20.6. The second-order valence-corrected chi connectivity index (χ2v) is 7.74. The fourth-order valence-corrected chi connectivity index (χ4v) is 4.47. The van der Waals surface area contributed by atoms with Gasteiger partial charge in [-0.15, -0.1) is 0 Å². The smallest absolute Gasteiger partial charge is 0.143 e. The van der Waals surface area contributed by atoms with Gasteiger partial charge in [0, 0.05) is 21.9 Å². The van der Waals surface area contributed by atoms with E-state index in [1.165, 1.54) is 21.9 Å². The van der Waals surface area contributed by atoms with Crippen LogP contribution in [0.15, 0.2) is 126 Å². The molecule has 146 valence electrons. The molecule has 0 aliphatic heterocycles. The zero-order valence-electron chi connectivity index (χ0n) is 17.0. The van der Waals surface area contributed by atoms with Gasteiger partial charge in [0.05, 0.1) is 0 Å². The molecule has 0 aliphatic rings. The topological polar surface area (TPSA) is 13.1 Å². The van der Waals surface area contributed by atoms with Crippen molar-refractivity contribution in [3.05, 3.63) is 121 Å². The molecule has 0 amide bonds. The lowest BCUT2D eigenvalue weighted by Gasteiger charge is -2.08. The van der Waals surface area contributed by atoms with Gasteiger partial charge >= 0.3 is 0 Å². The summed E-state index contributed by atoms with van der Waals surface area (Å²) in [5, 5.41) is 4.68. The molecule has 0 saturated carbocycles. The molecule has 31 heavy (non-hydrogen) atoms. The molecule has 1 aromatic heterocycles. The lowest BCUT2D eigenvalue weighted by Crippen LogP contribution is -1.83. The predicted molar refractivity (Wildman–Crippen MR) is 130 cm³/mol. The first kappa shape index (κ1) is 17.7. The summed E-state index contributed by atoms with van der Waals surface area (Å²) in [4.78, 5) is 0. The molecule has 0 bridgehead atoms. The average molecular weight is 396 g/mol. The van der Waals surface area contributed by atoms with Gasteiger partial charge in [0.15, 0.2) is 0 Å². The molecule has 6 aromatic rings. The van der Waals surface area contributed by atoms with E-state index in [4.69, 9.17) is 4.42 Å². The van der Waals surface area contributed by atoms with E-state index in [0.29, 0.717) is 0 Å². The first-order valence-corrected chi connectivity index (χ1v) is 10.5. The third-order valence-corrected chi connectivity index (χ3v) is 5.91. The number of furan rings is 1. The molecule has 0 N–H and O–H groups in total. The molecule has 0 unspecified atom stereocenters. The molecular formula is C30H20O. The van der Waals surface area contributed by atoms with Crippen molar-refractivity contribution in [3.8, 4) is 33.8 Å². The highest BCUT2D eigenvalue weighted by Crippen LogP contribution is 2.43. The van der Waals surface area contributed by atoms with Gasteiger partial charge in [-0.3, -0.25) is 0 Å². The second kappa shape index (κ2) is 7.30. The van der Waals surface area contributed by atoms with Gasteiger partial charge in [0.25, 0.3) is 0 Å². The van der Waals surface area contributed by atoms with E-state index in [1.807, 2.05) is 6.07 Å². The van der Waals surface area contributed by atoms with Crippen molar-refractivity contribution in [3.63, 3.8) is 0 Å². The van der Waals surface area contributed by atoms with Crippen molar-refractivity contribution in [1.29, 1.82) is 0 Å². The normalized spacial score (nSPS) is 11.2. The molecule has 0 saturated heterocycles. The number of fused-ring (bicyclic) bond motifs is 2. The van der Waals surface area contributed by atoms with Crippen LogP contribution in [-0.2, 0) is 0 Å². The molecule has 0 aliphatic carbocycles. The molecule has 0 radical (unpaired) electrons. The first-order chi connectivity index (χ1) is 15.4. The molecule has 1 nitrogen and oxygen atoms in total. The Morgan fingerprint density at radius 3 is 1.65 bits per heavy atom. The second-order valence-electron chi connectivity index (χ2n) is 7.74. The van der Waals surface area contributed by atoms with E-state index in [9.17, 15) is 0 Å². The third kappa shape index (κ3) is 2.94. The summed E-state index contributed by atoms with van der Waals surface area (Å²) in [6.45, 7) is 0. The maximum atomic E-state index is 6.71. The standard InChI is InChI=1S/C30H20O/c1-2-11-21(12-3-1)23-16-6-7-17-25(23)29-27-18-8-9-19-28(27)30(31-29)26-20-10-14-22-13-4-5-15-24(22)26/h1-20H. The van der Waals surface area contributed by atoms with Gasteiger partial charge < -0.3 is 4.42 Å². The van der Waals surface area contributed by atoms with Gasteiger partial charge in [-0.05, 0) is 21.9 Å². The Morgan fingerprint density at radius 2 is 0.871 bits per heavy atom. The van der Waals surface area contributed by atoms with Gasteiger partial charge in [-0.1, -0.05) is 121 Å². The third-order valence-electron chi connectivity index (χ3n) is 5.91. The fourth-order valence-electron chi connectivity index (χ4n) is 4.47. The van der Waals surface area contributed by atoms with E-state index < -0.39 is 0 Å². The van der Waals surface area contributed by atoms with Gasteiger partial charge in [-0.25, -0.2) is 0 Å². The van der Waals surface area contributed by atoms with Gasteiger partial charge in [0.1, 0.15) is 11.5 Å². The van der Waals surface area contributed by atoms with Crippen molar-refractivity contribution in [1.82, 2.24) is 0 Å². The molecule has 1 heterocycles. The van der Waals surface area contributed by atoms with E-state index in [0.717, 1.165) is 33.4 Å². The Morgan fingerprint density at radius 1 is 0.355 bits per heavy atom. The molecule has 0 atom stereocenters. The Bertz CT molecular complexity index is 1520. The van der Waals surface area contributed by atoms with Crippen LogP contribution in [0, 0.1) is 0 Å². The Kier molecular flexibility index (Phi) is 4.18. The Labute approximate surface area is 181 Å². The van der Waals surface area contributed by atoms with Crippen LogP contribution in [0.2, 0.25) is 0 Å². The van der Waals surface area contributed by atoms with Crippen LogP contribution < -0.4 is 0 Å². The summed E-state index contributed by atoms with van der Waals surface area (Å²) in [6.07, 6.45) is 0. The van der Waals surface area contributed by atoms with Crippen molar-refractivity contribution in [2.45, 2.75) is 0 Å². The van der Waals surface area contributed by atoms with Gasteiger partial charge in [-0.2, -0.15) is 0 Å². The minimum Gasteiger partial charge on any atom is -0.455 e.